The first kappa shape index (κ1) is 9.87. The van der Waals surface area contributed by atoms with Gasteiger partial charge in [-0.2, -0.15) is 0 Å². The Labute approximate surface area is 74.2 Å². The van der Waals surface area contributed by atoms with Crippen molar-refractivity contribution < 1.29 is 29.8 Å². The molecule has 0 spiro atoms. The molecule has 1 aliphatic rings. The molecule has 1 aliphatic heterocycles. The predicted molar refractivity (Wildman–Crippen MR) is 34.2 cm³/mol. The number of alkyl carbamates (subject to hydrolysis) is 1. The van der Waals surface area contributed by atoms with E-state index in [4.69, 9.17) is 0 Å². The maximum Gasteiger partial charge on any atom is 1.00 e. The summed E-state index contributed by atoms with van der Waals surface area (Å²) in [7, 11) is 0. The van der Waals surface area contributed by atoms with Gasteiger partial charge in [0.05, 0.1) is 6.04 Å². The van der Waals surface area contributed by atoms with E-state index < -0.39 is 0 Å². The van der Waals surface area contributed by atoms with E-state index in [1.165, 1.54) is 0 Å². The van der Waals surface area contributed by atoms with Crippen LogP contribution in [0.3, 0.4) is 0 Å². The molecule has 0 aromatic rings. The number of amides is 1. The van der Waals surface area contributed by atoms with Crippen molar-refractivity contribution in [2.24, 2.45) is 5.92 Å². The summed E-state index contributed by atoms with van der Waals surface area (Å²) in [4.78, 5) is 10.4. The van der Waals surface area contributed by atoms with Gasteiger partial charge < -0.3 is 11.5 Å². The fourth-order valence-electron chi connectivity index (χ4n) is 0.759. The van der Waals surface area contributed by atoms with Crippen LogP contribution >= 0.6 is 0 Å². The minimum Gasteiger partial charge on any atom is -1.00 e. The minimum atomic E-state index is -0.284. The van der Waals surface area contributed by atoms with Crippen molar-refractivity contribution in [3.63, 3.8) is 0 Å². The van der Waals surface area contributed by atoms with Crippen LogP contribution in [0, 0.1) is 5.92 Å². The van der Waals surface area contributed by atoms with Gasteiger partial charge in [-0.05, 0) is 5.92 Å². The summed E-state index contributed by atoms with van der Waals surface area (Å²) < 4.78 is 4.68. The van der Waals surface area contributed by atoms with Gasteiger partial charge in [0.25, 0.3) is 0 Å². The molecule has 0 bridgehead atoms. The third-order valence-corrected chi connectivity index (χ3v) is 1.50. The zero-order chi connectivity index (χ0) is 6.85. The average molecular weight is 137 g/mol. The van der Waals surface area contributed by atoms with Crippen molar-refractivity contribution in [2.45, 2.75) is 19.9 Å². The van der Waals surface area contributed by atoms with E-state index in [-0.39, 0.29) is 32.4 Å². The van der Waals surface area contributed by atoms with Gasteiger partial charge in [-0.3, -0.25) is 0 Å². The summed E-state index contributed by atoms with van der Waals surface area (Å²) in [6.45, 7) is 4.63. The average Bonchev–Trinajstić information content (AvgIpc) is 2.14. The fraction of sp³-hybridized carbons (Fsp3) is 0.833. The third kappa shape index (κ3) is 2.24. The van der Waals surface area contributed by atoms with Gasteiger partial charge in [0.2, 0.25) is 0 Å². The van der Waals surface area contributed by atoms with E-state index in [0.29, 0.717) is 12.5 Å². The van der Waals surface area contributed by atoms with Gasteiger partial charge in [0, 0.05) is 0 Å². The predicted octanol–water partition coefficient (Wildman–Crippen LogP) is -2.13. The van der Waals surface area contributed by atoms with Gasteiger partial charge in [-0.15, -0.1) is 0 Å². The van der Waals surface area contributed by atoms with E-state index in [1.54, 1.807) is 0 Å². The Hall–Kier alpha value is -0.133. The number of nitrogens with one attached hydrogen (secondary N) is 1. The Kier molecular flexibility index (Phi) is 3.85. The van der Waals surface area contributed by atoms with Crippen LogP contribution in [0.4, 0.5) is 4.79 Å². The van der Waals surface area contributed by atoms with Crippen molar-refractivity contribution in [3.05, 3.63) is 0 Å². The smallest absolute Gasteiger partial charge is 1.00 e. The van der Waals surface area contributed by atoms with E-state index in [2.05, 4.69) is 23.9 Å². The molecule has 0 aromatic heterocycles. The molecule has 1 fully saturated rings. The van der Waals surface area contributed by atoms with Crippen molar-refractivity contribution in [1.29, 1.82) is 0 Å². The fourth-order valence-corrected chi connectivity index (χ4v) is 0.759. The summed E-state index contributed by atoms with van der Waals surface area (Å²) in [6.07, 6.45) is -0.284. The first-order chi connectivity index (χ1) is 4.20. The molecule has 1 atom stereocenters. The minimum absolute atomic E-state index is 0. The molecule has 1 saturated heterocycles. The molecule has 4 heteroatoms. The van der Waals surface area contributed by atoms with Crippen LogP contribution in [-0.4, -0.2) is 18.7 Å². The Morgan fingerprint density at radius 2 is 2.40 bits per heavy atom. The molecule has 1 rings (SSSR count). The first-order valence-corrected chi connectivity index (χ1v) is 3.13. The van der Waals surface area contributed by atoms with E-state index >= 15 is 0 Å². The maximum absolute atomic E-state index is 10.4. The number of carbonyl (C=O) groups is 1. The largest absolute Gasteiger partial charge is 1.00 e. The molecule has 10 heavy (non-hydrogen) atoms. The van der Waals surface area contributed by atoms with Gasteiger partial charge in [0.15, 0.2) is 0 Å². The van der Waals surface area contributed by atoms with Gasteiger partial charge in [-0.25, -0.2) is 4.79 Å². The van der Waals surface area contributed by atoms with E-state index in [9.17, 15) is 4.79 Å². The standard InChI is InChI=1S/C6H11NO2.Li.H/c1-4(2)5-3-9-6(8)7-5;;/h4-5H,3H2,1-2H3,(H,7,8);;/q;+1;-1. The van der Waals surface area contributed by atoms with E-state index in [1.807, 2.05) is 0 Å². The molecule has 1 amide bonds. The van der Waals surface area contributed by atoms with Gasteiger partial charge in [0.1, 0.15) is 6.61 Å². The van der Waals surface area contributed by atoms with Crippen LogP contribution in [-0.2, 0) is 4.74 Å². The van der Waals surface area contributed by atoms with Gasteiger partial charge >= 0.3 is 25.0 Å². The van der Waals surface area contributed by atoms with Crippen LogP contribution in [0.25, 0.3) is 0 Å². The second-order valence-electron chi connectivity index (χ2n) is 2.59. The van der Waals surface area contributed by atoms with Crippen LogP contribution in [0.2, 0.25) is 0 Å². The molecule has 0 saturated carbocycles. The molecule has 1 unspecified atom stereocenters. The van der Waals surface area contributed by atoms with Crippen molar-refractivity contribution in [1.82, 2.24) is 5.32 Å². The Morgan fingerprint density at radius 1 is 1.80 bits per heavy atom. The summed E-state index contributed by atoms with van der Waals surface area (Å²) in [5.41, 5.74) is 0. The molecule has 3 nitrogen and oxygen atoms in total. The zero-order valence-electron chi connectivity index (χ0n) is 7.68. The Balaban J connectivity index is 0. The van der Waals surface area contributed by atoms with Crippen molar-refractivity contribution >= 4 is 6.09 Å². The summed E-state index contributed by atoms with van der Waals surface area (Å²) in [5, 5.41) is 2.69. The van der Waals surface area contributed by atoms with Gasteiger partial charge in [-0.1, -0.05) is 13.8 Å². The van der Waals surface area contributed by atoms with Crippen LogP contribution in [0.5, 0.6) is 0 Å². The molecule has 0 aliphatic carbocycles. The third-order valence-electron chi connectivity index (χ3n) is 1.50. The second-order valence-corrected chi connectivity index (χ2v) is 2.59. The van der Waals surface area contributed by atoms with Crippen molar-refractivity contribution in [3.8, 4) is 0 Å². The number of hydrogen-bond acceptors (Lipinski definition) is 2. The normalized spacial score (nSPS) is 23.5. The molecule has 0 aromatic carbocycles. The monoisotopic (exact) mass is 137 g/mol. The summed E-state index contributed by atoms with van der Waals surface area (Å²) in [6, 6.07) is 0.220. The number of cyclic esters (lactones) is 1. The van der Waals surface area contributed by atoms with Crippen LogP contribution in [0.15, 0.2) is 0 Å². The topological polar surface area (TPSA) is 38.3 Å². The SMILES string of the molecule is CC(C)C1COC(=O)N1.[H-].[Li+]. The number of rotatable bonds is 1. The van der Waals surface area contributed by atoms with Crippen LogP contribution in [0.1, 0.15) is 15.3 Å². The number of ether oxygens (including phenoxy) is 1. The quantitative estimate of drug-likeness (QED) is 0.419. The summed E-state index contributed by atoms with van der Waals surface area (Å²) >= 11 is 0. The van der Waals surface area contributed by atoms with Crippen LogP contribution < -0.4 is 24.2 Å². The number of hydrogen-bond donors (Lipinski definition) is 1. The molecular weight excluding hydrogens is 125 g/mol. The maximum atomic E-state index is 10.4. The second kappa shape index (κ2) is 3.90. The molecule has 0 radical (unpaired) electrons. The zero-order valence-corrected chi connectivity index (χ0v) is 6.68. The Morgan fingerprint density at radius 3 is 2.60 bits per heavy atom. The van der Waals surface area contributed by atoms with E-state index in [0.717, 1.165) is 0 Å². The molecule has 54 valence electrons. The number of carbonyl (C=O) groups excluding carboxylic acids is 1. The molecule has 1 N–H and O–H groups in total. The Bertz CT molecular complexity index is 132. The summed E-state index contributed by atoms with van der Waals surface area (Å²) in [5.74, 6) is 0.469. The van der Waals surface area contributed by atoms with Crippen molar-refractivity contribution in [2.75, 3.05) is 6.61 Å². The first-order valence-electron chi connectivity index (χ1n) is 3.13. The molecule has 1 heterocycles. The molecular formula is C6H12LiNO2.